The third-order valence-corrected chi connectivity index (χ3v) is 5.62. The van der Waals surface area contributed by atoms with Crippen LogP contribution in [0.5, 0.6) is 0 Å². The van der Waals surface area contributed by atoms with Crippen LogP contribution in [0.3, 0.4) is 0 Å². The van der Waals surface area contributed by atoms with Crippen molar-refractivity contribution in [3.05, 3.63) is 24.7 Å². The summed E-state index contributed by atoms with van der Waals surface area (Å²) in [4.78, 5) is 26.2. The average Bonchev–Trinajstić information content (AvgIpc) is 3.26. The monoisotopic (exact) mass is 424 g/mol. The largest absolute Gasteiger partial charge is 0.378 e. The number of anilines is 2. The Balaban J connectivity index is 1.52. The van der Waals surface area contributed by atoms with Gasteiger partial charge in [-0.1, -0.05) is 0 Å². The van der Waals surface area contributed by atoms with Gasteiger partial charge in [-0.3, -0.25) is 4.90 Å². The molecule has 0 unspecified atom stereocenters. The number of ether oxygens (including phenoxy) is 1. The van der Waals surface area contributed by atoms with E-state index in [1.165, 1.54) is 0 Å². The van der Waals surface area contributed by atoms with Crippen LogP contribution in [0.25, 0.3) is 22.6 Å². The van der Waals surface area contributed by atoms with Gasteiger partial charge in [-0.15, -0.1) is 0 Å². The Hall–Kier alpha value is -2.78. The van der Waals surface area contributed by atoms with Crippen LogP contribution in [0.15, 0.2) is 24.7 Å². The van der Waals surface area contributed by atoms with Gasteiger partial charge in [0.15, 0.2) is 17.3 Å². The van der Waals surface area contributed by atoms with Crippen molar-refractivity contribution < 1.29 is 4.74 Å². The number of hydrogen-bond donors (Lipinski definition) is 2. The van der Waals surface area contributed by atoms with Crippen LogP contribution in [0.1, 0.15) is 27.7 Å². The van der Waals surface area contributed by atoms with Crippen molar-refractivity contribution >= 4 is 22.8 Å². The zero-order valence-corrected chi connectivity index (χ0v) is 18.8. The highest BCUT2D eigenvalue weighted by Crippen LogP contribution is 2.24. The molecule has 9 heteroatoms. The maximum absolute atomic E-state index is 5.42. The highest BCUT2D eigenvalue weighted by Gasteiger charge is 2.16. The highest BCUT2D eigenvalue weighted by atomic mass is 16.5. The molecule has 4 heterocycles. The summed E-state index contributed by atoms with van der Waals surface area (Å²) in [5.41, 5.74) is 2.34. The average molecular weight is 425 g/mol. The molecular formula is C22H32N8O. The van der Waals surface area contributed by atoms with Crippen molar-refractivity contribution in [1.29, 1.82) is 0 Å². The summed E-state index contributed by atoms with van der Waals surface area (Å²) in [7, 11) is 0. The van der Waals surface area contributed by atoms with Crippen molar-refractivity contribution in [3.63, 3.8) is 0 Å². The fourth-order valence-electron chi connectivity index (χ4n) is 4.00. The van der Waals surface area contributed by atoms with Crippen molar-refractivity contribution in [2.75, 3.05) is 49.6 Å². The normalized spacial score (nSPS) is 14.9. The van der Waals surface area contributed by atoms with E-state index in [1.807, 2.05) is 18.3 Å². The Morgan fingerprint density at radius 1 is 1.10 bits per heavy atom. The Morgan fingerprint density at radius 2 is 1.87 bits per heavy atom. The number of rotatable bonds is 8. The predicted molar refractivity (Wildman–Crippen MR) is 123 cm³/mol. The third kappa shape index (κ3) is 4.94. The van der Waals surface area contributed by atoms with Crippen molar-refractivity contribution in [3.8, 4) is 11.4 Å². The minimum Gasteiger partial charge on any atom is -0.378 e. The number of aromatic amines is 1. The number of pyridine rings is 1. The summed E-state index contributed by atoms with van der Waals surface area (Å²) in [6.45, 7) is 13.8. The first-order valence-corrected chi connectivity index (χ1v) is 11.0. The van der Waals surface area contributed by atoms with Crippen LogP contribution in [0.2, 0.25) is 0 Å². The second kappa shape index (κ2) is 9.57. The first-order chi connectivity index (χ1) is 15.0. The van der Waals surface area contributed by atoms with Gasteiger partial charge in [0, 0.05) is 50.0 Å². The van der Waals surface area contributed by atoms with Crippen LogP contribution in [-0.4, -0.2) is 81.3 Å². The molecule has 0 amide bonds. The molecule has 2 N–H and O–H groups in total. The van der Waals surface area contributed by atoms with Crippen LogP contribution in [0, 0.1) is 0 Å². The van der Waals surface area contributed by atoms with E-state index >= 15 is 0 Å². The number of H-pyrrole nitrogens is 1. The standard InChI is InChI=1S/C22H32N8O/c1-15(2)30(16(3)4)8-7-23-21-19-22(26-14-25-19)28-20(27-21)17-5-6-18(24-13-17)29-9-11-31-12-10-29/h5-6,13-16H,7-12H2,1-4H3,(H2,23,25,26,27,28). The van der Waals surface area contributed by atoms with Gasteiger partial charge in [0.25, 0.3) is 0 Å². The molecule has 9 nitrogen and oxygen atoms in total. The van der Waals surface area contributed by atoms with Gasteiger partial charge in [-0.2, -0.15) is 0 Å². The molecule has 166 valence electrons. The van der Waals surface area contributed by atoms with E-state index in [1.54, 1.807) is 6.33 Å². The number of nitrogens with one attached hydrogen (secondary N) is 2. The maximum Gasteiger partial charge on any atom is 0.183 e. The van der Waals surface area contributed by atoms with Gasteiger partial charge in [0.2, 0.25) is 0 Å². The zero-order valence-electron chi connectivity index (χ0n) is 18.8. The lowest BCUT2D eigenvalue weighted by Crippen LogP contribution is -2.40. The second-order valence-corrected chi connectivity index (χ2v) is 8.35. The number of hydrogen-bond acceptors (Lipinski definition) is 8. The Kier molecular flexibility index (Phi) is 6.62. The SMILES string of the molecule is CC(C)N(CCNc1nc(-c2ccc(N3CCOCC3)nc2)nc2nc[nH]c12)C(C)C. The molecule has 3 aromatic heterocycles. The molecule has 3 aromatic rings. The van der Waals surface area contributed by atoms with Crippen LogP contribution in [0.4, 0.5) is 11.6 Å². The van der Waals surface area contributed by atoms with Gasteiger partial charge in [0.1, 0.15) is 11.3 Å². The van der Waals surface area contributed by atoms with Gasteiger partial charge >= 0.3 is 0 Å². The molecule has 0 atom stereocenters. The zero-order chi connectivity index (χ0) is 21.8. The second-order valence-electron chi connectivity index (χ2n) is 8.35. The highest BCUT2D eigenvalue weighted by molar-refractivity contribution is 5.84. The van der Waals surface area contributed by atoms with Gasteiger partial charge in [-0.25, -0.2) is 19.9 Å². The van der Waals surface area contributed by atoms with Crippen molar-refractivity contribution in [1.82, 2.24) is 29.8 Å². The lowest BCUT2D eigenvalue weighted by atomic mass is 10.2. The predicted octanol–water partition coefficient (Wildman–Crippen LogP) is 2.78. The van der Waals surface area contributed by atoms with E-state index in [0.717, 1.165) is 62.1 Å². The molecule has 0 saturated carbocycles. The van der Waals surface area contributed by atoms with E-state index in [0.29, 0.717) is 23.6 Å². The molecule has 1 saturated heterocycles. The number of imidazole rings is 1. The quantitative estimate of drug-likeness (QED) is 0.570. The molecule has 0 radical (unpaired) electrons. The first kappa shape index (κ1) is 21.5. The Labute approximate surface area is 183 Å². The number of fused-ring (bicyclic) bond motifs is 1. The molecular weight excluding hydrogens is 392 g/mol. The maximum atomic E-state index is 5.42. The van der Waals surface area contributed by atoms with E-state index in [-0.39, 0.29) is 0 Å². The number of morpholine rings is 1. The van der Waals surface area contributed by atoms with Gasteiger partial charge in [-0.05, 0) is 39.8 Å². The van der Waals surface area contributed by atoms with E-state index < -0.39 is 0 Å². The summed E-state index contributed by atoms with van der Waals surface area (Å²) in [6, 6.07) is 5.03. The number of aromatic nitrogens is 5. The molecule has 0 bridgehead atoms. The Bertz CT molecular complexity index is 971. The van der Waals surface area contributed by atoms with Gasteiger partial charge < -0.3 is 19.9 Å². The minimum absolute atomic E-state index is 0.492. The molecule has 0 spiro atoms. The first-order valence-electron chi connectivity index (χ1n) is 11.0. The molecule has 1 aliphatic rings. The van der Waals surface area contributed by atoms with E-state index in [4.69, 9.17) is 9.72 Å². The summed E-state index contributed by atoms with van der Waals surface area (Å²) in [5.74, 6) is 2.34. The summed E-state index contributed by atoms with van der Waals surface area (Å²) < 4.78 is 5.42. The van der Waals surface area contributed by atoms with E-state index in [9.17, 15) is 0 Å². The minimum atomic E-state index is 0.492. The third-order valence-electron chi connectivity index (χ3n) is 5.62. The summed E-state index contributed by atoms with van der Waals surface area (Å²) >= 11 is 0. The summed E-state index contributed by atoms with van der Waals surface area (Å²) in [6.07, 6.45) is 3.49. The molecule has 4 rings (SSSR count). The molecule has 0 aromatic carbocycles. The molecule has 31 heavy (non-hydrogen) atoms. The lowest BCUT2D eigenvalue weighted by Gasteiger charge is -2.30. The van der Waals surface area contributed by atoms with Crippen molar-refractivity contribution in [2.24, 2.45) is 0 Å². The van der Waals surface area contributed by atoms with Crippen LogP contribution in [-0.2, 0) is 4.74 Å². The lowest BCUT2D eigenvalue weighted by molar-refractivity contribution is 0.122. The van der Waals surface area contributed by atoms with Crippen LogP contribution < -0.4 is 10.2 Å². The molecule has 1 fully saturated rings. The van der Waals surface area contributed by atoms with E-state index in [2.05, 4.69) is 62.7 Å². The molecule has 0 aliphatic carbocycles. The summed E-state index contributed by atoms with van der Waals surface area (Å²) in [5, 5.41) is 3.48. The van der Waals surface area contributed by atoms with Gasteiger partial charge in [0.05, 0.1) is 19.5 Å². The number of nitrogens with zero attached hydrogens (tertiary/aromatic N) is 6. The van der Waals surface area contributed by atoms with Crippen molar-refractivity contribution in [2.45, 2.75) is 39.8 Å². The topological polar surface area (TPSA) is 95.1 Å². The fourth-order valence-corrected chi connectivity index (χ4v) is 4.00. The Morgan fingerprint density at radius 3 is 2.55 bits per heavy atom. The van der Waals surface area contributed by atoms with Crippen LogP contribution >= 0.6 is 0 Å². The smallest absolute Gasteiger partial charge is 0.183 e. The fraction of sp³-hybridized carbons (Fsp3) is 0.545. The molecule has 1 aliphatic heterocycles.